The van der Waals surface area contributed by atoms with Crippen LogP contribution in [0.3, 0.4) is 0 Å². The van der Waals surface area contributed by atoms with Crippen LogP contribution in [0, 0.1) is 28.9 Å². The molecule has 0 aromatic heterocycles. The minimum atomic E-state index is -0.594. The molecule has 0 radical (unpaired) electrons. The molecule has 112 valence electrons. The highest BCUT2D eigenvalue weighted by Gasteiger charge is 2.40. The van der Waals surface area contributed by atoms with Crippen molar-refractivity contribution in [1.29, 1.82) is 0 Å². The van der Waals surface area contributed by atoms with Crippen molar-refractivity contribution in [3.05, 3.63) is 33.9 Å². The van der Waals surface area contributed by atoms with Gasteiger partial charge in [0.25, 0.3) is 11.6 Å². The molecule has 2 atom stereocenters. The number of nitro groups is 1. The zero-order valence-corrected chi connectivity index (χ0v) is 11.8. The number of hydrogen-bond donors (Lipinski definition) is 1. The van der Waals surface area contributed by atoms with Gasteiger partial charge in [-0.3, -0.25) is 19.7 Å². The molecular formula is C14H16N2O5. The molecule has 0 saturated heterocycles. The Labute approximate surface area is 121 Å². The van der Waals surface area contributed by atoms with Gasteiger partial charge in [0, 0.05) is 6.07 Å². The van der Waals surface area contributed by atoms with Gasteiger partial charge in [0.05, 0.1) is 10.8 Å². The second kappa shape index (κ2) is 5.90. The van der Waals surface area contributed by atoms with Gasteiger partial charge in [0.1, 0.15) is 5.69 Å². The number of hydrogen-bond acceptors (Lipinski definition) is 5. The van der Waals surface area contributed by atoms with Gasteiger partial charge >= 0.3 is 5.97 Å². The molecule has 1 aromatic carbocycles. The average Bonchev–Trinajstić information content (AvgIpc) is 3.15. The number of carbonyl (C=O) groups is 2. The minimum absolute atomic E-state index is 0.0893. The van der Waals surface area contributed by atoms with Crippen molar-refractivity contribution in [2.75, 3.05) is 11.9 Å². The van der Waals surface area contributed by atoms with Crippen LogP contribution in [-0.4, -0.2) is 23.4 Å². The van der Waals surface area contributed by atoms with Crippen molar-refractivity contribution >= 4 is 23.3 Å². The van der Waals surface area contributed by atoms with E-state index in [1.165, 1.54) is 12.1 Å². The first-order chi connectivity index (χ1) is 9.88. The molecule has 7 heteroatoms. The summed E-state index contributed by atoms with van der Waals surface area (Å²) >= 11 is 0. The predicted octanol–water partition coefficient (Wildman–Crippen LogP) is 2.04. The first-order valence-corrected chi connectivity index (χ1v) is 6.60. The van der Waals surface area contributed by atoms with Gasteiger partial charge in [0.2, 0.25) is 0 Å². The zero-order valence-electron chi connectivity index (χ0n) is 11.8. The molecule has 7 nitrogen and oxygen atoms in total. The van der Waals surface area contributed by atoms with Crippen LogP contribution in [0.15, 0.2) is 18.2 Å². The lowest BCUT2D eigenvalue weighted by Gasteiger charge is -2.07. The quantitative estimate of drug-likeness (QED) is 0.508. The Balaban J connectivity index is 1.93. The highest BCUT2D eigenvalue weighted by Crippen LogP contribution is 2.38. The molecule has 2 rings (SSSR count). The number of nitrogens with one attached hydrogen (secondary N) is 1. The molecule has 0 spiro atoms. The summed E-state index contributed by atoms with van der Waals surface area (Å²) in [6, 6.07) is 4.48. The van der Waals surface area contributed by atoms with Crippen LogP contribution < -0.4 is 5.32 Å². The molecule has 1 N–H and O–H groups in total. The smallest absolute Gasteiger partial charge is 0.309 e. The first kappa shape index (κ1) is 15.0. The summed E-state index contributed by atoms with van der Waals surface area (Å²) in [4.78, 5) is 33.5. The third-order valence-electron chi connectivity index (χ3n) is 3.38. The molecule has 1 aliphatic carbocycles. The Kier molecular flexibility index (Phi) is 4.21. The van der Waals surface area contributed by atoms with Crippen molar-refractivity contribution in [1.82, 2.24) is 0 Å². The van der Waals surface area contributed by atoms with E-state index < -0.39 is 23.4 Å². The summed E-state index contributed by atoms with van der Waals surface area (Å²) < 4.78 is 4.87. The van der Waals surface area contributed by atoms with Gasteiger partial charge in [-0.15, -0.1) is 0 Å². The van der Waals surface area contributed by atoms with E-state index in [0.717, 1.165) is 6.42 Å². The van der Waals surface area contributed by atoms with Crippen LogP contribution in [0.2, 0.25) is 0 Å². The van der Waals surface area contributed by atoms with E-state index in [-0.39, 0.29) is 17.3 Å². The summed E-state index contributed by atoms with van der Waals surface area (Å²) in [5.74, 6) is -0.801. The Hall–Kier alpha value is -2.44. The Morgan fingerprint density at radius 1 is 1.48 bits per heavy atom. The van der Waals surface area contributed by atoms with Gasteiger partial charge < -0.3 is 10.1 Å². The van der Waals surface area contributed by atoms with Crippen molar-refractivity contribution in [3.63, 3.8) is 0 Å². The van der Waals surface area contributed by atoms with E-state index >= 15 is 0 Å². The maximum Gasteiger partial charge on any atom is 0.309 e. The van der Waals surface area contributed by atoms with Gasteiger partial charge in [-0.2, -0.15) is 0 Å². The van der Waals surface area contributed by atoms with E-state index in [0.29, 0.717) is 11.5 Å². The molecular weight excluding hydrogens is 276 g/mol. The van der Waals surface area contributed by atoms with Crippen molar-refractivity contribution in [2.45, 2.75) is 20.3 Å². The third kappa shape index (κ3) is 3.77. The SMILES string of the molecule is Cc1ccc(NC(=O)COC(=O)[C@@H]2C[C@@H]2C)c([N+](=O)[O-])c1. The number of rotatable bonds is 5. The minimum Gasteiger partial charge on any atom is -0.455 e. The first-order valence-electron chi connectivity index (χ1n) is 6.60. The molecule has 1 aliphatic rings. The molecule has 1 fully saturated rings. The second-order valence-corrected chi connectivity index (χ2v) is 5.25. The van der Waals surface area contributed by atoms with Gasteiger partial charge in [-0.1, -0.05) is 13.0 Å². The maximum absolute atomic E-state index is 11.7. The molecule has 0 aliphatic heterocycles. The normalized spacial score (nSPS) is 19.7. The maximum atomic E-state index is 11.7. The van der Waals surface area contributed by atoms with Crippen LogP contribution in [-0.2, 0) is 14.3 Å². The van der Waals surface area contributed by atoms with Gasteiger partial charge in [-0.05, 0) is 30.9 Å². The molecule has 0 heterocycles. The average molecular weight is 292 g/mol. The standard InChI is InChI=1S/C14H16N2O5/c1-8-3-4-11(12(5-8)16(19)20)15-13(17)7-21-14(18)10-6-9(10)2/h3-5,9-10H,6-7H2,1-2H3,(H,15,17)/t9-,10+/m0/s1. The highest BCUT2D eigenvalue weighted by molar-refractivity contribution is 5.95. The lowest BCUT2D eigenvalue weighted by Crippen LogP contribution is -2.22. The van der Waals surface area contributed by atoms with Gasteiger partial charge in [0.15, 0.2) is 6.61 Å². The number of anilines is 1. The van der Waals surface area contributed by atoms with E-state index in [1.807, 2.05) is 6.92 Å². The van der Waals surface area contributed by atoms with E-state index in [9.17, 15) is 19.7 Å². The lowest BCUT2D eigenvalue weighted by molar-refractivity contribution is -0.384. The predicted molar refractivity (Wildman–Crippen MR) is 74.7 cm³/mol. The molecule has 21 heavy (non-hydrogen) atoms. The van der Waals surface area contributed by atoms with Crippen molar-refractivity contribution in [2.24, 2.45) is 11.8 Å². The summed E-state index contributed by atoms with van der Waals surface area (Å²) in [7, 11) is 0. The third-order valence-corrected chi connectivity index (χ3v) is 3.38. The summed E-state index contributed by atoms with van der Waals surface area (Å²) in [5.41, 5.74) is 0.616. The fraction of sp³-hybridized carbons (Fsp3) is 0.429. The molecule has 1 saturated carbocycles. The van der Waals surface area contributed by atoms with Crippen LogP contribution in [0.1, 0.15) is 18.9 Å². The number of benzene rings is 1. The molecule has 0 bridgehead atoms. The topological polar surface area (TPSA) is 98.5 Å². The van der Waals surface area contributed by atoms with E-state index in [1.54, 1.807) is 13.0 Å². The Morgan fingerprint density at radius 2 is 2.14 bits per heavy atom. The van der Waals surface area contributed by atoms with Crippen LogP contribution in [0.4, 0.5) is 11.4 Å². The number of nitro benzene ring substituents is 1. The summed E-state index contributed by atoms with van der Waals surface area (Å²) in [6.45, 7) is 3.21. The van der Waals surface area contributed by atoms with Crippen LogP contribution in [0.5, 0.6) is 0 Å². The number of nitrogens with zero attached hydrogens (tertiary/aromatic N) is 1. The largest absolute Gasteiger partial charge is 0.455 e. The number of aryl methyl sites for hydroxylation is 1. The van der Waals surface area contributed by atoms with Crippen molar-refractivity contribution < 1.29 is 19.2 Å². The monoisotopic (exact) mass is 292 g/mol. The lowest BCUT2D eigenvalue weighted by atomic mass is 10.2. The molecule has 0 unspecified atom stereocenters. The summed E-state index contributed by atoms with van der Waals surface area (Å²) in [6.07, 6.45) is 0.782. The number of ether oxygens (including phenoxy) is 1. The molecule has 1 aromatic rings. The van der Waals surface area contributed by atoms with Crippen molar-refractivity contribution in [3.8, 4) is 0 Å². The second-order valence-electron chi connectivity index (χ2n) is 5.25. The fourth-order valence-corrected chi connectivity index (χ4v) is 1.98. The number of esters is 1. The van der Waals surface area contributed by atoms with E-state index in [2.05, 4.69) is 5.32 Å². The number of carbonyl (C=O) groups excluding carboxylic acids is 2. The zero-order chi connectivity index (χ0) is 15.6. The number of amides is 1. The Morgan fingerprint density at radius 3 is 2.71 bits per heavy atom. The van der Waals surface area contributed by atoms with Crippen LogP contribution in [0.25, 0.3) is 0 Å². The molecule has 1 amide bonds. The van der Waals surface area contributed by atoms with E-state index in [4.69, 9.17) is 4.74 Å². The fourth-order valence-electron chi connectivity index (χ4n) is 1.98. The summed E-state index contributed by atoms with van der Waals surface area (Å²) in [5, 5.41) is 13.3. The Bertz CT molecular complexity index is 599. The van der Waals surface area contributed by atoms with Crippen LogP contribution >= 0.6 is 0 Å². The highest BCUT2D eigenvalue weighted by atomic mass is 16.6. The van der Waals surface area contributed by atoms with Gasteiger partial charge in [-0.25, -0.2) is 0 Å².